The van der Waals surface area contributed by atoms with Gasteiger partial charge in [-0.1, -0.05) is 13.0 Å². The summed E-state index contributed by atoms with van der Waals surface area (Å²) in [6.45, 7) is 6.15. The van der Waals surface area contributed by atoms with E-state index in [0.717, 1.165) is 6.07 Å². The van der Waals surface area contributed by atoms with Gasteiger partial charge in [-0.05, 0) is 46.3 Å². The van der Waals surface area contributed by atoms with Crippen LogP contribution in [0.15, 0.2) is 29.2 Å². The second-order valence-electron chi connectivity index (χ2n) is 10.6. The Morgan fingerprint density at radius 3 is 2.51 bits per heavy atom. The highest BCUT2D eigenvalue weighted by Crippen LogP contribution is 2.48. The largest absolute Gasteiger partial charge is 0.503 e. The predicted molar refractivity (Wildman–Crippen MR) is 156 cm³/mol. The zero-order valence-electron chi connectivity index (χ0n) is 25.2. The van der Waals surface area contributed by atoms with E-state index in [1.807, 2.05) is 11.9 Å². The molecule has 2 heterocycles. The lowest BCUT2D eigenvalue weighted by Crippen LogP contribution is -2.56. The van der Waals surface area contributed by atoms with Gasteiger partial charge < -0.3 is 33.7 Å². The molecule has 0 aliphatic carbocycles. The number of methoxy groups -OCH3 is 1. The predicted octanol–water partition coefficient (Wildman–Crippen LogP) is 3.96. The quantitative estimate of drug-likeness (QED) is 0.281. The summed E-state index contributed by atoms with van der Waals surface area (Å²) in [5.74, 6) is -3.88. The molecule has 1 aliphatic rings. The third kappa shape index (κ3) is 7.77. The minimum Gasteiger partial charge on any atom is -0.503 e. The molecule has 14 heteroatoms. The summed E-state index contributed by atoms with van der Waals surface area (Å²) in [6, 6.07) is 2.42. The fourth-order valence-corrected chi connectivity index (χ4v) is 7.04. The number of carbonyl (C=O) groups is 2. The van der Waals surface area contributed by atoms with Gasteiger partial charge in [-0.25, -0.2) is 8.78 Å². The molecule has 0 fully saturated rings. The number of carbonyl (C=O) groups excluding carboxylic acids is 2. The lowest BCUT2D eigenvalue weighted by atomic mass is 9.71. The highest BCUT2D eigenvalue weighted by atomic mass is 31.2. The highest BCUT2D eigenvalue weighted by molar-refractivity contribution is 7.53. The van der Waals surface area contributed by atoms with Crippen LogP contribution in [0.5, 0.6) is 5.75 Å². The van der Waals surface area contributed by atoms with Gasteiger partial charge in [-0.2, -0.15) is 0 Å². The van der Waals surface area contributed by atoms with Gasteiger partial charge in [0.15, 0.2) is 11.5 Å². The number of pyridine rings is 1. The van der Waals surface area contributed by atoms with Crippen LogP contribution < -0.4 is 10.7 Å². The smallest absolute Gasteiger partial charge is 0.330 e. The Morgan fingerprint density at radius 1 is 1.23 bits per heavy atom. The monoisotopic (exact) mass is 627 g/mol. The van der Waals surface area contributed by atoms with E-state index in [-0.39, 0.29) is 56.8 Å². The van der Waals surface area contributed by atoms with E-state index in [1.54, 1.807) is 20.8 Å². The number of amides is 1. The molecule has 2 unspecified atom stereocenters. The van der Waals surface area contributed by atoms with Crippen molar-refractivity contribution in [2.75, 3.05) is 46.7 Å². The van der Waals surface area contributed by atoms with Crippen molar-refractivity contribution in [1.29, 1.82) is 0 Å². The van der Waals surface area contributed by atoms with E-state index in [4.69, 9.17) is 13.8 Å². The van der Waals surface area contributed by atoms with E-state index >= 15 is 0 Å². The summed E-state index contributed by atoms with van der Waals surface area (Å²) in [4.78, 5) is 41.9. The topological polar surface area (TPSA) is 136 Å². The molecule has 1 amide bonds. The molecule has 11 nitrogen and oxygen atoms in total. The molecule has 2 atom stereocenters. The maximum atomic E-state index is 14.0. The molecule has 43 heavy (non-hydrogen) atoms. The first-order chi connectivity index (χ1) is 20.3. The Bertz CT molecular complexity index is 1430. The zero-order valence-corrected chi connectivity index (χ0v) is 26.0. The van der Waals surface area contributed by atoms with Gasteiger partial charge >= 0.3 is 7.60 Å². The number of aromatic nitrogens is 1. The number of likely N-dealkylation sites (N-methyl/N-ethyl adjacent to an activating group) is 1. The summed E-state index contributed by atoms with van der Waals surface area (Å²) < 4.78 is 57.6. The molecular formula is C29H40F2N3O8P. The number of hydrogen-bond acceptors (Lipinski definition) is 9. The van der Waals surface area contributed by atoms with Crippen molar-refractivity contribution < 1.29 is 41.8 Å². The minimum atomic E-state index is -3.27. The summed E-state index contributed by atoms with van der Waals surface area (Å²) >= 11 is 0. The molecule has 0 saturated carbocycles. The van der Waals surface area contributed by atoms with Crippen LogP contribution in [0, 0.1) is 17.0 Å². The van der Waals surface area contributed by atoms with Crippen LogP contribution in [0.2, 0.25) is 0 Å². The summed E-state index contributed by atoms with van der Waals surface area (Å²) in [6.07, 6.45) is 2.11. The number of nitrogens with zero attached hydrogens (tertiary/aromatic N) is 2. The highest BCUT2D eigenvalue weighted by Gasteiger charge is 2.49. The van der Waals surface area contributed by atoms with Crippen molar-refractivity contribution in [2.45, 2.75) is 52.7 Å². The van der Waals surface area contributed by atoms with Crippen molar-refractivity contribution in [2.24, 2.45) is 5.41 Å². The number of aromatic hydroxyl groups is 1. The Kier molecular flexibility index (Phi) is 11.8. The maximum Gasteiger partial charge on any atom is 0.330 e. The summed E-state index contributed by atoms with van der Waals surface area (Å²) in [5.41, 5.74) is -2.78. The molecule has 0 spiro atoms. The van der Waals surface area contributed by atoms with Crippen LogP contribution in [0.25, 0.3) is 0 Å². The second-order valence-corrected chi connectivity index (χ2v) is 12.8. The number of rotatable bonds is 15. The van der Waals surface area contributed by atoms with E-state index < -0.39 is 59.1 Å². The Hall–Kier alpha value is -2.96. The summed E-state index contributed by atoms with van der Waals surface area (Å²) in [5, 5.41) is 13.3. The number of nitrogens with one attached hydrogen (secondary N) is 1. The van der Waals surface area contributed by atoms with Gasteiger partial charge in [-0.3, -0.25) is 18.9 Å². The van der Waals surface area contributed by atoms with Crippen LogP contribution in [-0.4, -0.2) is 79.0 Å². The molecule has 3 rings (SSSR count). The standard InChI is InChI=1S/C29H40F2N3O8P/c1-6-41-43(39,42-7-2)14-8-12-33(4)23-18-34-17-21(28(38)32-16-19-9-10-20(30)15-22(19)31)25(35)26(36)24(34)27(37)29(23,3)11-13-40-5/h9-10,15,17,23,36H,6-8,11-14,16,18H2,1-5H3,(H,32,38). The lowest BCUT2D eigenvalue weighted by Gasteiger charge is -2.46. The van der Waals surface area contributed by atoms with Gasteiger partial charge in [0.05, 0.1) is 24.8 Å². The number of fused-ring (bicyclic) bond motifs is 1. The average molecular weight is 628 g/mol. The molecule has 2 N–H and O–H groups in total. The third-order valence-corrected chi connectivity index (χ3v) is 9.91. The van der Waals surface area contributed by atoms with Gasteiger partial charge in [0.25, 0.3) is 5.91 Å². The molecule has 1 aliphatic heterocycles. The molecule has 2 aromatic rings. The van der Waals surface area contributed by atoms with E-state index in [0.29, 0.717) is 19.0 Å². The normalized spacial score (nSPS) is 18.6. The minimum absolute atomic E-state index is 0.000955. The molecule has 1 aromatic carbocycles. The molecule has 1 aromatic heterocycles. The van der Waals surface area contributed by atoms with Gasteiger partial charge in [0, 0.05) is 50.7 Å². The Labute approximate surface area is 249 Å². The van der Waals surface area contributed by atoms with E-state index in [9.17, 15) is 32.8 Å². The van der Waals surface area contributed by atoms with Crippen LogP contribution in [0.3, 0.4) is 0 Å². The van der Waals surface area contributed by atoms with Crippen LogP contribution in [0.4, 0.5) is 8.78 Å². The number of hydrogen-bond donors (Lipinski definition) is 2. The first-order valence-corrected chi connectivity index (χ1v) is 15.8. The first-order valence-electron chi connectivity index (χ1n) is 14.1. The van der Waals surface area contributed by atoms with Crippen molar-refractivity contribution >= 4 is 19.3 Å². The average Bonchev–Trinajstić information content (AvgIpc) is 2.95. The van der Waals surface area contributed by atoms with Crippen LogP contribution >= 0.6 is 7.60 Å². The molecular weight excluding hydrogens is 587 g/mol. The van der Waals surface area contributed by atoms with E-state index in [1.165, 1.54) is 23.9 Å². The number of halogens is 2. The lowest BCUT2D eigenvalue weighted by molar-refractivity contribution is 0.0280. The van der Waals surface area contributed by atoms with Crippen molar-refractivity contribution in [3.63, 3.8) is 0 Å². The Balaban J connectivity index is 1.90. The number of benzene rings is 1. The van der Waals surface area contributed by atoms with E-state index in [2.05, 4.69) is 5.32 Å². The van der Waals surface area contributed by atoms with Crippen molar-refractivity contribution in [3.05, 3.63) is 63.1 Å². The Morgan fingerprint density at radius 2 is 1.91 bits per heavy atom. The first kappa shape index (κ1) is 34.5. The zero-order chi connectivity index (χ0) is 31.9. The molecule has 0 radical (unpaired) electrons. The van der Waals surface area contributed by atoms with Crippen LogP contribution in [0.1, 0.15) is 60.0 Å². The summed E-state index contributed by atoms with van der Waals surface area (Å²) in [7, 11) is 0.0517. The maximum absolute atomic E-state index is 14.0. The van der Waals surface area contributed by atoms with Gasteiger partial charge in [0.1, 0.15) is 22.9 Å². The number of ether oxygens (including phenoxy) is 1. The molecule has 0 bridgehead atoms. The molecule has 238 valence electrons. The second kappa shape index (κ2) is 14.7. The fourth-order valence-electron chi connectivity index (χ4n) is 5.39. The van der Waals surface area contributed by atoms with Gasteiger partial charge in [-0.15, -0.1) is 0 Å². The van der Waals surface area contributed by atoms with Crippen LogP contribution in [-0.2, 0) is 31.4 Å². The SMILES string of the molecule is CCOP(=O)(CCCN(C)C1Cn2cc(C(=O)NCc3ccc(F)cc3F)c(=O)c(O)c2C(=O)C1(C)CCOC)OCC. The number of Topliss-reactive ketones (excluding diaryl/α,β-unsaturated/α-hetero) is 1. The van der Waals surface area contributed by atoms with Crippen molar-refractivity contribution in [1.82, 2.24) is 14.8 Å². The fraction of sp³-hybridized carbons (Fsp3) is 0.552. The van der Waals surface area contributed by atoms with Gasteiger partial charge in [0.2, 0.25) is 5.43 Å². The molecule has 0 saturated heterocycles. The third-order valence-electron chi connectivity index (χ3n) is 7.75. The van der Waals surface area contributed by atoms with Crippen molar-refractivity contribution in [3.8, 4) is 5.75 Å². The number of ketones is 1.